The van der Waals surface area contributed by atoms with E-state index >= 15 is 0 Å². The topological polar surface area (TPSA) is 162 Å². The molecule has 0 spiro atoms. The standard InChI is InChI=1S/C23H20O2.2C21H28O2.C17H20O2/c1-23(2,19-11-13-21(24)17-9-5-3-7-15(17)19)20-12-14-22(25)18-10-6-4-8-16(18)20;1-13(2)17-11-15(22)7-9-19(17)21(5,6)20-10-8-16(23)12-18(20)14(3)4;1-13(2)17-11-15(7-9-19(17)22)21(5,6)16-8-10-20(23)18(12-16)14(3)4;1-3-12-17(2,13-4-8-15(18)9-5-13)14-6-10-16(19)11-7-14/h3-14,24-25H,1-2H3;2*7-14,22-23H,1-6H3;4-11,18-19H,3,12H2,1-2H3. The Hall–Kier alpha value is -8.88. The summed E-state index contributed by atoms with van der Waals surface area (Å²) >= 11 is 0. The van der Waals surface area contributed by atoms with Gasteiger partial charge in [-0.2, -0.15) is 0 Å². The van der Waals surface area contributed by atoms with Gasteiger partial charge in [0, 0.05) is 32.4 Å². The van der Waals surface area contributed by atoms with E-state index in [4.69, 9.17) is 0 Å². The van der Waals surface area contributed by atoms with Gasteiger partial charge in [0.15, 0.2) is 0 Å². The van der Waals surface area contributed by atoms with Crippen molar-refractivity contribution in [1.29, 1.82) is 0 Å². The fourth-order valence-corrected chi connectivity index (χ4v) is 12.7. The zero-order valence-corrected chi connectivity index (χ0v) is 55.8. The van der Waals surface area contributed by atoms with E-state index in [2.05, 4.69) is 135 Å². The van der Waals surface area contributed by atoms with Crippen LogP contribution in [0.4, 0.5) is 0 Å². The molecule has 0 saturated heterocycles. The molecular formula is C82H96O8. The second-order valence-electron chi connectivity index (χ2n) is 27.1. The Morgan fingerprint density at radius 3 is 0.900 bits per heavy atom. The summed E-state index contributed by atoms with van der Waals surface area (Å²) in [6.45, 7) is 34.5. The third-order valence-electron chi connectivity index (χ3n) is 18.3. The summed E-state index contributed by atoms with van der Waals surface area (Å²) in [6.07, 6.45) is 2.08. The molecule has 10 rings (SSSR count). The number of benzene rings is 10. The molecule has 0 radical (unpaired) electrons. The normalized spacial score (nSPS) is 12.0. The molecule has 10 aromatic rings. The molecule has 0 fully saturated rings. The molecule has 0 aromatic heterocycles. The van der Waals surface area contributed by atoms with Gasteiger partial charge in [0.2, 0.25) is 0 Å². The fourth-order valence-electron chi connectivity index (χ4n) is 12.7. The number of phenols is 8. The van der Waals surface area contributed by atoms with Gasteiger partial charge in [-0.15, -0.1) is 0 Å². The Kier molecular flexibility index (Phi) is 21.6. The van der Waals surface area contributed by atoms with Crippen molar-refractivity contribution in [2.75, 3.05) is 0 Å². The first-order valence-corrected chi connectivity index (χ1v) is 31.7. The van der Waals surface area contributed by atoms with Crippen LogP contribution in [0.15, 0.2) is 194 Å². The quantitative estimate of drug-likeness (QED) is 0.0534. The Morgan fingerprint density at radius 1 is 0.278 bits per heavy atom. The number of fused-ring (bicyclic) bond motifs is 2. The van der Waals surface area contributed by atoms with Crippen LogP contribution >= 0.6 is 0 Å². The number of aromatic hydroxyl groups is 8. The van der Waals surface area contributed by atoms with Crippen molar-refractivity contribution < 1.29 is 40.9 Å². The van der Waals surface area contributed by atoms with Crippen molar-refractivity contribution in [1.82, 2.24) is 0 Å². The first-order chi connectivity index (χ1) is 42.3. The van der Waals surface area contributed by atoms with E-state index in [1.807, 2.05) is 109 Å². The van der Waals surface area contributed by atoms with Crippen molar-refractivity contribution in [2.24, 2.45) is 0 Å². The smallest absolute Gasteiger partial charge is 0.123 e. The highest BCUT2D eigenvalue weighted by atomic mass is 16.3. The van der Waals surface area contributed by atoms with Crippen molar-refractivity contribution in [3.63, 3.8) is 0 Å². The van der Waals surface area contributed by atoms with E-state index in [0.717, 1.165) is 67.8 Å². The third-order valence-corrected chi connectivity index (χ3v) is 18.3. The molecule has 0 heterocycles. The molecule has 0 atom stereocenters. The van der Waals surface area contributed by atoms with E-state index < -0.39 is 0 Å². The molecule has 0 amide bonds. The van der Waals surface area contributed by atoms with Gasteiger partial charge in [-0.05, 0) is 180 Å². The molecule has 10 aromatic carbocycles. The van der Waals surface area contributed by atoms with Crippen molar-refractivity contribution >= 4 is 21.5 Å². The minimum absolute atomic E-state index is 0.101. The Morgan fingerprint density at radius 2 is 0.567 bits per heavy atom. The van der Waals surface area contributed by atoms with Crippen LogP contribution in [0.1, 0.15) is 214 Å². The summed E-state index contributed by atoms with van der Waals surface area (Å²) in [6, 6.07) is 61.3. The maximum Gasteiger partial charge on any atom is 0.123 e. The van der Waals surface area contributed by atoms with Gasteiger partial charge in [-0.3, -0.25) is 0 Å². The van der Waals surface area contributed by atoms with Crippen LogP contribution in [-0.4, -0.2) is 40.9 Å². The van der Waals surface area contributed by atoms with Crippen LogP contribution in [0.25, 0.3) is 21.5 Å². The lowest BCUT2D eigenvalue weighted by molar-refractivity contribution is 0.462. The van der Waals surface area contributed by atoms with E-state index in [9.17, 15) is 40.9 Å². The van der Waals surface area contributed by atoms with Crippen LogP contribution in [-0.2, 0) is 21.7 Å². The Balaban J connectivity index is 0.000000171. The molecule has 0 saturated carbocycles. The molecule has 472 valence electrons. The van der Waals surface area contributed by atoms with Gasteiger partial charge >= 0.3 is 0 Å². The molecule has 90 heavy (non-hydrogen) atoms. The zero-order chi connectivity index (χ0) is 66.2. The summed E-state index contributed by atoms with van der Waals surface area (Å²) in [5.41, 5.74) is 12.9. The zero-order valence-electron chi connectivity index (χ0n) is 55.8. The lowest BCUT2D eigenvalue weighted by atomic mass is 9.71. The van der Waals surface area contributed by atoms with Gasteiger partial charge in [0.1, 0.15) is 46.0 Å². The van der Waals surface area contributed by atoms with Gasteiger partial charge in [0.25, 0.3) is 0 Å². The number of hydrogen-bond donors (Lipinski definition) is 8. The summed E-state index contributed by atoms with van der Waals surface area (Å²) in [5, 5.41) is 82.9. The van der Waals surface area contributed by atoms with Crippen LogP contribution < -0.4 is 0 Å². The van der Waals surface area contributed by atoms with Crippen LogP contribution in [0, 0.1) is 0 Å². The van der Waals surface area contributed by atoms with Crippen LogP contribution in [0.5, 0.6) is 46.0 Å². The predicted molar refractivity (Wildman–Crippen MR) is 374 cm³/mol. The fraction of sp³-hybridized carbons (Fsp3) is 0.317. The first-order valence-electron chi connectivity index (χ1n) is 31.7. The second kappa shape index (κ2) is 28.3. The van der Waals surface area contributed by atoms with Gasteiger partial charge in [0.05, 0.1) is 0 Å². The van der Waals surface area contributed by atoms with E-state index in [1.165, 1.54) is 33.4 Å². The maximum absolute atomic E-state index is 10.2. The Bertz CT molecular complexity index is 3800. The van der Waals surface area contributed by atoms with Crippen LogP contribution in [0.2, 0.25) is 0 Å². The number of hydrogen-bond acceptors (Lipinski definition) is 8. The average molecular weight is 1210 g/mol. The van der Waals surface area contributed by atoms with E-state index in [-0.39, 0.29) is 45.0 Å². The predicted octanol–water partition coefficient (Wildman–Crippen LogP) is 21.3. The molecule has 0 unspecified atom stereocenters. The highest BCUT2D eigenvalue weighted by Crippen LogP contribution is 2.45. The summed E-state index contributed by atoms with van der Waals surface area (Å²) in [7, 11) is 0. The van der Waals surface area contributed by atoms with E-state index in [1.54, 1.807) is 60.7 Å². The molecule has 0 aliphatic rings. The summed E-state index contributed by atoms with van der Waals surface area (Å²) < 4.78 is 0. The highest BCUT2D eigenvalue weighted by molar-refractivity contribution is 5.95. The van der Waals surface area contributed by atoms with Gasteiger partial charge < -0.3 is 40.9 Å². The van der Waals surface area contributed by atoms with Crippen molar-refractivity contribution in [2.45, 2.75) is 169 Å². The third kappa shape index (κ3) is 15.0. The monoisotopic (exact) mass is 1210 g/mol. The Labute approximate surface area is 535 Å². The molecule has 8 nitrogen and oxygen atoms in total. The lowest BCUT2D eigenvalue weighted by Gasteiger charge is -2.32. The van der Waals surface area contributed by atoms with Crippen molar-refractivity contribution in [3.8, 4) is 46.0 Å². The SMILES string of the molecule is CC(C)(c1ccc(O)c2ccccc12)c1ccc(O)c2ccccc12.CC(C)c1cc(C(C)(C)c2ccc(O)c(C(C)C)c2)ccc1O.CC(C)c1cc(O)ccc1C(C)(C)c1ccc(O)cc1C(C)C.CCCC(C)(c1ccc(O)cc1)c1ccc(O)cc1. The average Bonchev–Trinajstić information content (AvgIpc) is 0.774. The van der Waals surface area contributed by atoms with Crippen molar-refractivity contribution in [3.05, 3.63) is 261 Å². The minimum Gasteiger partial charge on any atom is -0.508 e. The largest absolute Gasteiger partial charge is 0.508 e. The molecule has 0 aliphatic carbocycles. The summed E-state index contributed by atoms with van der Waals surface area (Å²) in [5.74, 6) is 3.70. The van der Waals surface area contributed by atoms with Crippen LogP contribution in [0.3, 0.4) is 0 Å². The molecule has 0 aliphatic heterocycles. The molecule has 0 bridgehead atoms. The number of rotatable bonds is 14. The highest BCUT2D eigenvalue weighted by Gasteiger charge is 2.32. The molecule has 8 heteroatoms. The van der Waals surface area contributed by atoms with Gasteiger partial charge in [-0.25, -0.2) is 0 Å². The second-order valence-corrected chi connectivity index (χ2v) is 27.1. The minimum atomic E-state index is -0.291. The number of phenolic OH excluding ortho intramolecular Hbond substituents is 8. The first kappa shape index (κ1) is 68.6. The van der Waals surface area contributed by atoms with E-state index in [0.29, 0.717) is 46.3 Å². The maximum atomic E-state index is 10.2. The van der Waals surface area contributed by atoms with Gasteiger partial charge in [-0.1, -0.05) is 239 Å². The lowest BCUT2D eigenvalue weighted by Crippen LogP contribution is -2.23. The molecular weight excluding hydrogens is 1110 g/mol. The summed E-state index contributed by atoms with van der Waals surface area (Å²) in [4.78, 5) is 0. The molecule has 8 N–H and O–H groups in total.